The number of fused-ring (bicyclic) bond motifs is 1. The van der Waals surface area contributed by atoms with E-state index in [4.69, 9.17) is 4.74 Å². The fourth-order valence-electron chi connectivity index (χ4n) is 3.18. The van der Waals surface area contributed by atoms with Gasteiger partial charge in [-0.1, -0.05) is 0 Å². The normalized spacial score (nSPS) is 37.2. The van der Waals surface area contributed by atoms with Gasteiger partial charge in [0.2, 0.25) is 10.0 Å². The average molecular weight is 297 g/mol. The molecule has 0 aromatic rings. The number of rotatable bonds is 2. The first-order valence-corrected chi connectivity index (χ1v) is 7.95. The van der Waals surface area contributed by atoms with Gasteiger partial charge >= 0.3 is 0 Å². The van der Waals surface area contributed by atoms with E-state index in [-0.39, 0.29) is 17.7 Å². The molecule has 18 heavy (non-hydrogen) atoms. The molecule has 0 amide bonds. The highest BCUT2D eigenvalue weighted by atomic mass is 35.5. The zero-order valence-electron chi connectivity index (χ0n) is 10.4. The molecule has 106 valence electrons. The van der Waals surface area contributed by atoms with E-state index in [1.807, 2.05) is 0 Å². The molecule has 3 rings (SSSR count). The van der Waals surface area contributed by atoms with E-state index in [2.05, 4.69) is 5.32 Å². The van der Waals surface area contributed by atoms with Gasteiger partial charge in [0.15, 0.2) is 0 Å². The van der Waals surface area contributed by atoms with Crippen LogP contribution < -0.4 is 5.32 Å². The highest BCUT2D eigenvalue weighted by Gasteiger charge is 2.43. The summed E-state index contributed by atoms with van der Waals surface area (Å²) in [6.07, 6.45) is 1.62. The molecule has 3 fully saturated rings. The third-order valence-corrected chi connectivity index (χ3v) is 6.49. The molecule has 3 aliphatic heterocycles. The van der Waals surface area contributed by atoms with E-state index in [1.54, 1.807) is 4.31 Å². The molecule has 0 aromatic carbocycles. The van der Waals surface area contributed by atoms with Gasteiger partial charge in [-0.3, -0.25) is 0 Å². The van der Waals surface area contributed by atoms with Crippen molar-refractivity contribution in [3.8, 4) is 0 Å². The molecule has 3 atom stereocenters. The Kier molecular flexibility index (Phi) is 4.54. The van der Waals surface area contributed by atoms with Crippen LogP contribution in [0.1, 0.15) is 12.8 Å². The number of nitrogens with one attached hydrogen (secondary N) is 1. The minimum absolute atomic E-state index is 0. The van der Waals surface area contributed by atoms with Gasteiger partial charge in [-0.2, -0.15) is 0 Å². The summed E-state index contributed by atoms with van der Waals surface area (Å²) in [6, 6.07) is 0. The Hall–Kier alpha value is 0.120. The lowest BCUT2D eigenvalue weighted by molar-refractivity contribution is 0.0976. The molecule has 5 nitrogen and oxygen atoms in total. The smallest absolute Gasteiger partial charge is 0.219 e. The first-order valence-electron chi connectivity index (χ1n) is 6.45. The summed E-state index contributed by atoms with van der Waals surface area (Å²) >= 11 is 0. The van der Waals surface area contributed by atoms with Gasteiger partial charge < -0.3 is 10.1 Å². The minimum atomic E-state index is -3.12. The second-order valence-electron chi connectivity index (χ2n) is 5.38. The summed E-state index contributed by atoms with van der Waals surface area (Å²) < 4.78 is 31.9. The average Bonchev–Trinajstić information content (AvgIpc) is 2.90. The van der Waals surface area contributed by atoms with Crippen molar-refractivity contribution < 1.29 is 13.2 Å². The Labute approximate surface area is 115 Å². The largest absolute Gasteiger partial charge is 0.380 e. The van der Waals surface area contributed by atoms with Gasteiger partial charge in [0.05, 0.1) is 11.9 Å². The molecule has 1 unspecified atom stereocenters. The summed E-state index contributed by atoms with van der Waals surface area (Å²) in [5.41, 5.74) is 0. The van der Waals surface area contributed by atoms with E-state index in [1.165, 1.54) is 0 Å². The highest BCUT2D eigenvalue weighted by molar-refractivity contribution is 7.89. The standard InChI is InChI=1S/C11H20N2O3S.ClH/c14-17(15,11-2-1-3-16-8-11)13-6-9-4-12-5-10(9)7-13;/h9-12H,1-8H2;1H/t9-,10+,11?;. The number of halogens is 1. The molecule has 3 heterocycles. The second-order valence-corrected chi connectivity index (χ2v) is 7.59. The van der Waals surface area contributed by atoms with Crippen LogP contribution in [-0.2, 0) is 14.8 Å². The van der Waals surface area contributed by atoms with Crippen LogP contribution in [0.15, 0.2) is 0 Å². The lowest BCUT2D eigenvalue weighted by Gasteiger charge is -2.27. The Bertz CT molecular complexity index is 372. The van der Waals surface area contributed by atoms with Gasteiger partial charge in [0.25, 0.3) is 0 Å². The molecule has 0 radical (unpaired) electrons. The molecule has 3 saturated heterocycles. The maximum Gasteiger partial charge on any atom is 0.219 e. The second kappa shape index (κ2) is 5.63. The van der Waals surface area contributed by atoms with Gasteiger partial charge in [-0.05, 0) is 37.8 Å². The first kappa shape index (κ1) is 14.5. The van der Waals surface area contributed by atoms with Crippen molar-refractivity contribution in [2.45, 2.75) is 18.1 Å². The fraction of sp³-hybridized carbons (Fsp3) is 1.00. The van der Waals surface area contributed by atoms with Gasteiger partial charge in [0, 0.05) is 19.7 Å². The Morgan fingerprint density at radius 1 is 1.17 bits per heavy atom. The third kappa shape index (κ3) is 2.54. The van der Waals surface area contributed by atoms with Crippen LogP contribution in [0.4, 0.5) is 0 Å². The fourth-order valence-corrected chi connectivity index (χ4v) is 5.13. The van der Waals surface area contributed by atoms with Crippen LogP contribution in [-0.4, -0.2) is 57.4 Å². The van der Waals surface area contributed by atoms with Crippen molar-refractivity contribution in [2.75, 3.05) is 39.4 Å². The van der Waals surface area contributed by atoms with E-state index in [0.29, 0.717) is 38.1 Å². The van der Waals surface area contributed by atoms with Crippen LogP contribution in [0.3, 0.4) is 0 Å². The van der Waals surface area contributed by atoms with Crippen LogP contribution in [0, 0.1) is 11.8 Å². The maximum absolute atomic E-state index is 12.4. The molecular formula is C11H21ClN2O3S. The number of hydrogen-bond acceptors (Lipinski definition) is 4. The first-order chi connectivity index (χ1) is 8.18. The summed E-state index contributed by atoms with van der Waals surface area (Å²) in [7, 11) is -3.12. The zero-order valence-corrected chi connectivity index (χ0v) is 12.0. The highest BCUT2D eigenvalue weighted by Crippen LogP contribution is 2.30. The van der Waals surface area contributed by atoms with Gasteiger partial charge in [-0.15, -0.1) is 12.4 Å². The third-order valence-electron chi connectivity index (χ3n) is 4.26. The molecule has 7 heteroatoms. The molecule has 1 N–H and O–H groups in total. The molecule has 0 aromatic heterocycles. The van der Waals surface area contributed by atoms with E-state index < -0.39 is 10.0 Å². The summed E-state index contributed by atoms with van der Waals surface area (Å²) in [5, 5.41) is 3.03. The van der Waals surface area contributed by atoms with Crippen molar-refractivity contribution in [2.24, 2.45) is 11.8 Å². The Morgan fingerprint density at radius 3 is 2.39 bits per heavy atom. The van der Waals surface area contributed by atoms with Crippen LogP contribution >= 0.6 is 12.4 Å². The minimum Gasteiger partial charge on any atom is -0.380 e. The molecule has 0 aliphatic carbocycles. The Balaban J connectivity index is 0.00000120. The Morgan fingerprint density at radius 2 is 1.83 bits per heavy atom. The van der Waals surface area contributed by atoms with Crippen molar-refractivity contribution in [3.63, 3.8) is 0 Å². The molecule has 0 saturated carbocycles. The van der Waals surface area contributed by atoms with E-state index >= 15 is 0 Å². The zero-order chi connectivity index (χ0) is 11.9. The van der Waals surface area contributed by atoms with Crippen molar-refractivity contribution in [3.05, 3.63) is 0 Å². The number of nitrogens with zero attached hydrogens (tertiary/aromatic N) is 1. The summed E-state index contributed by atoms with van der Waals surface area (Å²) in [4.78, 5) is 0. The number of sulfonamides is 1. The SMILES string of the molecule is Cl.O=S(=O)(C1CCCOC1)N1C[C@H]2CNC[C@H]2C1. The maximum atomic E-state index is 12.4. The molecule has 0 spiro atoms. The molecular weight excluding hydrogens is 276 g/mol. The predicted molar refractivity (Wildman–Crippen MR) is 71.4 cm³/mol. The molecule has 3 aliphatic rings. The van der Waals surface area contributed by atoms with Crippen LogP contribution in [0.5, 0.6) is 0 Å². The monoisotopic (exact) mass is 296 g/mol. The topological polar surface area (TPSA) is 58.6 Å². The molecule has 0 bridgehead atoms. The van der Waals surface area contributed by atoms with Crippen LogP contribution in [0.2, 0.25) is 0 Å². The lowest BCUT2D eigenvalue weighted by Crippen LogP contribution is -2.42. The van der Waals surface area contributed by atoms with E-state index in [0.717, 1.165) is 25.9 Å². The van der Waals surface area contributed by atoms with Crippen molar-refractivity contribution >= 4 is 22.4 Å². The van der Waals surface area contributed by atoms with E-state index in [9.17, 15) is 8.42 Å². The number of ether oxygens (including phenoxy) is 1. The quantitative estimate of drug-likeness (QED) is 0.783. The summed E-state index contributed by atoms with van der Waals surface area (Å²) in [6.45, 7) is 4.44. The predicted octanol–water partition coefficient (Wildman–Crippen LogP) is 0.0682. The van der Waals surface area contributed by atoms with Crippen molar-refractivity contribution in [1.82, 2.24) is 9.62 Å². The summed E-state index contributed by atoms with van der Waals surface area (Å²) in [5.74, 6) is 1.04. The van der Waals surface area contributed by atoms with Crippen LogP contribution in [0.25, 0.3) is 0 Å². The van der Waals surface area contributed by atoms with Gasteiger partial charge in [0.1, 0.15) is 0 Å². The number of hydrogen-bond donors (Lipinski definition) is 1. The lowest BCUT2D eigenvalue weighted by atomic mass is 10.0. The van der Waals surface area contributed by atoms with Crippen molar-refractivity contribution in [1.29, 1.82) is 0 Å². The van der Waals surface area contributed by atoms with Gasteiger partial charge in [-0.25, -0.2) is 12.7 Å².